The van der Waals surface area contributed by atoms with Crippen molar-refractivity contribution < 1.29 is 4.79 Å². The number of thiazole rings is 1. The number of para-hydroxylation sites is 1. The molecule has 0 spiro atoms. The van der Waals surface area contributed by atoms with E-state index in [0.717, 1.165) is 10.2 Å². The van der Waals surface area contributed by atoms with Crippen molar-refractivity contribution in [1.29, 1.82) is 0 Å². The zero-order valence-electron chi connectivity index (χ0n) is 14.9. The van der Waals surface area contributed by atoms with Gasteiger partial charge in [0.25, 0.3) is 11.5 Å². The standard InChI is InChI=1S/C19H16N6O2S/c1-11(22-23-17(26)13-7-9-20-10-8-13)16-12(2)24-25(18(16)27)19-21-14-5-3-4-6-15(14)28-19/h3-10,22,24H,2H2,1H3,(H,23,26)/b16-11-. The lowest BCUT2D eigenvalue weighted by molar-refractivity contribution is 0.0942. The van der Waals surface area contributed by atoms with Gasteiger partial charge in [-0.1, -0.05) is 30.0 Å². The van der Waals surface area contributed by atoms with Crippen LogP contribution in [-0.4, -0.2) is 25.7 Å². The number of amides is 1. The molecule has 9 heteroatoms. The van der Waals surface area contributed by atoms with Crippen LogP contribution >= 0.6 is 11.3 Å². The molecular formula is C19H16N6O2S. The third-order valence-electron chi connectivity index (χ3n) is 4.12. The van der Waals surface area contributed by atoms with Crippen molar-refractivity contribution in [2.24, 2.45) is 0 Å². The lowest BCUT2D eigenvalue weighted by Crippen LogP contribution is -2.44. The first-order valence-electron chi connectivity index (χ1n) is 8.38. The number of hydrazine groups is 1. The second-order valence-corrected chi connectivity index (χ2v) is 7.02. The van der Waals surface area contributed by atoms with Crippen LogP contribution in [0.2, 0.25) is 0 Å². The Morgan fingerprint density at radius 3 is 2.68 bits per heavy atom. The Labute approximate surface area is 162 Å². The fraction of sp³-hybridized carbons (Fsp3) is 0.0526. The van der Waals surface area contributed by atoms with E-state index in [1.165, 1.54) is 28.4 Å². The van der Waals surface area contributed by atoms with Gasteiger partial charge in [-0.05, 0) is 31.2 Å². The van der Waals surface area contributed by atoms with Gasteiger partial charge in [-0.25, -0.2) is 4.98 Å². The van der Waals surface area contributed by atoms with E-state index in [-0.39, 0.29) is 11.5 Å². The van der Waals surface area contributed by atoms with Crippen molar-refractivity contribution in [3.63, 3.8) is 0 Å². The summed E-state index contributed by atoms with van der Waals surface area (Å²) in [6.07, 6.45) is 3.06. The van der Waals surface area contributed by atoms with Crippen molar-refractivity contribution in [3.8, 4) is 5.13 Å². The van der Waals surface area contributed by atoms with Gasteiger partial charge in [0, 0.05) is 23.7 Å². The minimum atomic E-state index is -0.339. The van der Waals surface area contributed by atoms with E-state index in [2.05, 4.69) is 32.5 Å². The Bertz CT molecular complexity index is 1300. The van der Waals surface area contributed by atoms with Gasteiger partial charge in [0.05, 0.1) is 20.8 Å². The van der Waals surface area contributed by atoms with Gasteiger partial charge in [-0.15, -0.1) is 0 Å². The summed E-state index contributed by atoms with van der Waals surface area (Å²) < 4.78 is 2.34. The monoisotopic (exact) mass is 392 g/mol. The largest absolute Gasteiger partial charge is 0.302 e. The Balaban J connectivity index is 1.67. The maximum Gasteiger partial charge on any atom is 0.283 e. The van der Waals surface area contributed by atoms with Gasteiger partial charge >= 0.3 is 0 Å². The van der Waals surface area contributed by atoms with Gasteiger partial charge in [0.1, 0.15) is 0 Å². The van der Waals surface area contributed by atoms with E-state index in [1.54, 1.807) is 19.1 Å². The fourth-order valence-corrected chi connectivity index (χ4v) is 3.67. The highest BCUT2D eigenvalue weighted by Crippen LogP contribution is 2.22. The molecule has 4 aromatic rings. The number of H-pyrrole nitrogens is 1. The number of hydrogen-bond acceptors (Lipinski definition) is 6. The number of carbonyl (C=O) groups is 1. The first-order valence-corrected chi connectivity index (χ1v) is 9.19. The van der Waals surface area contributed by atoms with E-state index in [1.807, 2.05) is 24.3 Å². The van der Waals surface area contributed by atoms with Gasteiger partial charge in [0.15, 0.2) is 0 Å². The number of carbonyl (C=O) groups excluding carboxylic acids is 1. The van der Waals surface area contributed by atoms with Crippen LogP contribution in [0.3, 0.4) is 0 Å². The molecule has 4 rings (SSSR count). The third-order valence-corrected chi connectivity index (χ3v) is 5.14. The highest BCUT2D eigenvalue weighted by Gasteiger charge is 2.12. The molecule has 3 heterocycles. The molecule has 0 unspecified atom stereocenters. The van der Waals surface area contributed by atoms with Crippen LogP contribution in [0.15, 0.2) is 53.6 Å². The van der Waals surface area contributed by atoms with Gasteiger partial charge in [-0.3, -0.25) is 25.1 Å². The van der Waals surface area contributed by atoms with Crippen molar-refractivity contribution >= 4 is 39.7 Å². The molecule has 0 fully saturated rings. The molecule has 0 aliphatic carbocycles. The van der Waals surface area contributed by atoms with Crippen LogP contribution < -0.4 is 27.0 Å². The Morgan fingerprint density at radius 1 is 1.18 bits per heavy atom. The van der Waals surface area contributed by atoms with E-state index in [9.17, 15) is 9.59 Å². The van der Waals surface area contributed by atoms with Crippen LogP contribution in [-0.2, 0) is 0 Å². The first kappa shape index (κ1) is 17.7. The second kappa shape index (κ2) is 7.12. The number of nitrogens with one attached hydrogen (secondary N) is 3. The predicted molar refractivity (Wildman–Crippen MR) is 108 cm³/mol. The summed E-state index contributed by atoms with van der Waals surface area (Å²) in [5.41, 5.74) is 6.78. The number of rotatable bonds is 4. The number of hydrogen-bond donors (Lipinski definition) is 3. The van der Waals surface area contributed by atoms with Crippen LogP contribution in [0, 0.1) is 0 Å². The molecule has 0 atom stereocenters. The second-order valence-electron chi connectivity index (χ2n) is 6.01. The zero-order chi connectivity index (χ0) is 19.7. The topological polar surface area (TPSA) is 105 Å². The summed E-state index contributed by atoms with van der Waals surface area (Å²) in [6.45, 7) is 5.60. The fourth-order valence-electron chi connectivity index (χ4n) is 2.75. The summed E-state index contributed by atoms with van der Waals surface area (Å²) in [5.74, 6) is -0.339. The number of aromatic nitrogens is 4. The molecule has 0 radical (unpaired) electrons. The maximum atomic E-state index is 12.9. The van der Waals surface area contributed by atoms with Crippen LogP contribution in [0.4, 0.5) is 0 Å². The van der Waals surface area contributed by atoms with Crippen LogP contribution in [0.1, 0.15) is 17.3 Å². The number of nitrogens with zero attached hydrogens (tertiary/aromatic N) is 3. The quantitative estimate of drug-likeness (QED) is 0.442. The minimum absolute atomic E-state index is 0.299. The average molecular weight is 392 g/mol. The van der Waals surface area contributed by atoms with Crippen molar-refractivity contribution in [1.82, 2.24) is 30.6 Å². The summed E-state index contributed by atoms with van der Waals surface area (Å²) in [5, 5.41) is 4.24. The van der Waals surface area contributed by atoms with Crippen molar-refractivity contribution in [2.75, 3.05) is 0 Å². The van der Waals surface area contributed by atoms with Crippen LogP contribution in [0.25, 0.3) is 27.6 Å². The summed E-state index contributed by atoms with van der Waals surface area (Å²) in [6, 6.07) is 10.8. The molecule has 0 aliphatic rings. The molecule has 0 aliphatic heterocycles. The SMILES string of the molecule is C=c1[nH]n(-c2nc3ccccc3s2)c(=O)/c1=C(/C)NNC(=O)c1ccncc1. The zero-order valence-corrected chi connectivity index (χ0v) is 15.7. The number of pyridine rings is 1. The molecule has 0 saturated heterocycles. The minimum Gasteiger partial charge on any atom is -0.302 e. The maximum absolute atomic E-state index is 12.9. The molecule has 8 nitrogen and oxygen atoms in total. The van der Waals surface area contributed by atoms with E-state index in [0.29, 0.717) is 27.0 Å². The molecule has 0 saturated carbocycles. The predicted octanol–water partition coefficient (Wildman–Crippen LogP) is 0.643. The third kappa shape index (κ3) is 3.19. The summed E-state index contributed by atoms with van der Waals surface area (Å²) in [4.78, 5) is 33.4. The number of fused-ring (bicyclic) bond motifs is 1. The van der Waals surface area contributed by atoms with Crippen LogP contribution in [0.5, 0.6) is 0 Å². The molecule has 1 aromatic carbocycles. The Hall–Kier alpha value is -3.72. The van der Waals surface area contributed by atoms with Crippen molar-refractivity contribution in [2.45, 2.75) is 6.92 Å². The van der Waals surface area contributed by atoms with E-state index < -0.39 is 0 Å². The highest BCUT2D eigenvalue weighted by molar-refractivity contribution is 7.20. The summed E-state index contributed by atoms with van der Waals surface area (Å²) >= 11 is 1.40. The molecule has 1 amide bonds. The number of aromatic amines is 1. The lowest BCUT2D eigenvalue weighted by atomic mass is 10.2. The molecular weight excluding hydrogens is 376 g/mol. The van der Waals surface area contributed by atoms with E-state index in [4.69, 9.17) is 0 Å². The molecule has 140 valence electrons. The van der Waals surface area contributed by atoms with Gasteiger partial charge in [-0.2, -0.15) is 4.68 Å². The van der Waals surface area contributed by atoms with Gasteiger partial charge in [0.2, 0.25) is 5.13 Å². The smallest absolute Gasteiger partial charge is 0.283 e. The van der Waals surface area contributed by atoms with E-state index >= 15 is 0 Å². The van der Waals surface area contributed by atoms with Crippen molar-refractivity contribution in [3.05, 3.63) is 75.3 Å². The molecule has 3 N–H and O–H groups in total. The Kier molecular flexibility index (Phi) is 4.50. The normalized spacial score (nSPS) is 12.0. The van der Waals surface area contributed by atoms with Gasteiger partial charge < -0.3 is 5.43 Å². The first-order chi connectivity index (χ1) is 13.5. The average Bonchev–Trinajstić information content (AvgIpc) is 3.27. The highest BCUT2D eigenvalue weighted by atomic mass is 32.1. The lowest BCUT2D eigenvalue weighted by Gasteiger charge is -2.07. The molecule has 28 heavy (non-hydrogen) atoms. The Morgan fingerprint density at radius 2 is 1.93 bits per heavy atom. The number of benzene rings is 1. The summed E-state index contributed by atoms with van der Waals surface area (Å²) in [7, 11) is 0. The molecule has 0 bridgehead atoms. The molecule has 3 aromatic heterocycles.